The van der Waals surface area contributed by atoms with Gasteiger partial charge >= 0.3 is 0 Å². The fourth-order valence-electron chi connectivity index (χ4n) is 2.45. The van der Waals surface area contributed by atoms with Gasteiger partial charge < -0.3 is 9.88 Å². The molecule has 0 saturated carbocycles. The van der Waals surface area contributed by atoms with Gasteiger partial charge in [-0.15, -0.1) is 11.8 Å². The molecule has 0 radical (unpaired) electrons. The zero-order valence-electron chi connectivity index (χ0n) is 12.0. The zero-order chi connectivity index (χ0) is 15.7. The third-order valence-electron chi connectivity index (χ3n) is 3.68. The lowest BCUT2D eigenvalue weighted by atomic mass is 10.0. The Bertz CT molecular complexity index is 788. The van der Waals surface area contributed by atoms with Crippen LogP contribution in [-0.4, -0.2) is 16.2 Å². The van der Waals surface area contributed by atoms with E-state index in [0.717, 1.165) is 22.6 Å². The van der Waals surface area contributed by atoms with E-state index in [4.69, 9.17) is 0 Å². The van der Waals surface area contributed by atoms with Crippen molar-refractivity contribution in [2.45, 2.75) is 17.4 Å². The van der Waals surface area contributed by atoms with Crippen molar-refractivity contribution in [3.8, 4) is 0 Å². The first-order chi connectivity index (χ1) is 10.5. The third-order valence-corrected chi connectivity index (χ3v) is 4.81. The second kappa shape index (κ2) is 5.96. The molecule has 1 aromatic carbocycles. The number of nitrogens with zero attached hydrogens (tertiary/aromatic N) is 1. The molecule has 22 heavy (non-hydrogen) atoms. The maximum Gasteiger partial charge on any atom is 0.252 e. The minimum absolute atomic E-state index is 0.233. The van der Waals surface area contributed by atoms with Crippen LogP contribution in [0.15, 0.2) is 46.2 Å². The van der Waals surface area contributed by atoms with Crippen LogP contribution < -0.4 is 10.9 Å². The minimum atomic E-state index is -0.315. The van der Waals surface area contributed by atoms with Gasteiger partial charge in [0.15, 0.2) is 0 Å². The number of rotatable bonds is 2. The van der Waals surface area contributed by atoms with Crippen LogP contribution in [0.4, 0.5) is 4.39 Å². The zero-order valence-corrected chi connectivity index (χ0v) is 12.8. The summed E-state index contributed by atoms with van der Waals surface area (Å²) in [5.41, 5.74) is 0.881. The quantitative estimate of drug-likeness (QED) is 0.925. The summed E-state index contributed by atoms with van der Waals surface area (Å²) in [5.74, 6) is 0.235. The smallest absolute Gasteiger partial charge is 0.252 e. The van der Waals surface area contributed by atoms with Gasteiger partial charge in [0.1, 0.15) is 5.82 Å². The van der Waals surface area contributed by atoms with Gasteiger partial charge in [0.25, 0.3) is 11.5 Å². The molecule has 0 saturated heterocycles. The number of halogens is 1. The van der Waals surface area contributed by atoms with Gasteiger partial charge in [-0.2, -0.15) is 0 Å². The molecule has 114 valence electrons. The number of amides is 1. The van der Waals surface area contributed by atoms with Crippen LogP contribution >= 0.6 is 11.8 Å². The van der Waals surface area contributed by atoms with E-state index in [-0.39, 0.29) is 23.3 Å². The van der Waals surface area contributed by atoms with E-state index in [0.29, 0.717) is 5.56 Å². The number of hydrogen-bond donors (Lipinski definition) is 1. The standard InChI is InChI=1S/C16H15FN2O2S/c1-19-6-4-10(8-15(19)20)16(21)18-13-5-7-22-14-3-2-11(17)9-12(13)14/h2-4,6,8-9,13H,5,7H2,1H3,(H,18,21). The molecule has 1 aliphatic rings. The van der Waals surface area contributed by atoms with Crippen LogP contribution in [0.25, 0.3) is 0 Å². The first-order valence-electron chi connectivity index (χ1n) is 6.94. The molecule has 0 aliphatic carbocycles. The SMILES string of the molecule is Cn1ccc(C(=O)NC2CCSc3ccc(F)cc32)cc1=O. The number of benzene rings is 1. The van der Waals surface area contributed by atoms with Crippen molar-refractivity contribution in [2.24, 2.45) is 7.05 Å². The molecule has 0 spiro atoms. The maximum atomic E-state index is 13.5. The van der Waals surface area contributed by atoms with Crippen LogP contribution in [0.1, 0.15) is 28.4 Å². The predicted octanol–water partition coefficient (Wildman–Crippen LogP) is 2.49. The lowest BCUT2D eigenvalue weighted by molar-refractivity contribution is 0.0934. The molecule has 6 heteroatoms. The molecular formula is C16H15FN2O2S. The largest absolute Gasteiger partial charge is 0.345 e. The van der Waals surface area contributed by atoms with Gasteiger partial charge in [-0.1, -0.05) is 0 Å². The van der Waals surface area contributed by atoms with Crippen LogP contribution in [0, 0.1) is 5.82 Å². The average molecular weight is 318 g/mol. The topological polar surface area (TPSA) is 51.1 Å². The summed E-state index contributed by atoms with van der Waals surface area (Å²) in [6.07, 6.45) is 2.29. The maximum absolute atomic E-state index is 13.5. The molecule has 0 fully saturated rings. The van der Waals surface area contributed by atoms with Gasteiger partial charge in [0.2, 0.25) is 0 Å². The highest BCUT2D eigenvalue weighted by Crippen LogP contribution is 2.36. The van der Waals surface area contributed by atoms with Gasteiger partial charge in [0.05, 0.1) is 6.04 Å². The Labute approximate surface area is 131 Å². The first kappa shape index (κ1) is 14.8. The highest BCUT2D eigenvalue weighted by atomic mass is 32.2. The van der Waals surface area contributed by atoms with E-state index in [1.54, 1.807) is 37.1 Å². The first-order valence-corrected chi connectivity index (χ1v) is 7.93. The van der Waals surface area contributed by atoms with E-state index < -0.39 is 0 Å². The Hall–Kier alpha value is -2.08. The van der Waals surface area contributed by atoms with Crippen LogP contribution in [0.5, 0.6) is 0 Å². The Morgan fingerprint density at radius 1 is 1.36 bits per heavy atom. The number of pyridine rings is 1. The fourth-order valence-corrected chi connectivity index (χ4v) is 3.55. The van der Waals surface area contributed by atoms with Gasteiger partial charge in [-0.05, 0) is 36.2 Å². The van der Waals surface area contributed by atoms with Crippen LogP contribution in [0.2, 0.25) is 0 Å². The molecule has 0 bridgehead atoms. The lowest BCUT2D eigenvalue weighted by Crippen LogP contribution is -2.31. The Morgan fingerprint density at radius 3 is 2.95 bits per heavy atom. The third kappa shape index (κ3) is 2.92. The van der Waals surface area contributed by atoms with E-state index in [1.165, 1.54) is 22.8 Å². The van der Waals surface area contributed by atoms with Crippen molar-refractivity contribution >= 4 is 17.7 Å². The summed E-state index contributed by atoms with van der Waals surface area (Å²) in [6, 6.07) is 7.31. The van der Waals surface area contributed by atoms with Crippen molar-refractivity contribution in [3.63, 3.8) is 0 Å². The lowest BCUT2D eigenvalue weighted by Gasteiger charge is -2.26. The normalized spacial score (nSPS) is 16.9. The molecule has 2 aromatic rings. The summed E-state index contributed by atoms with van der Waals surface area (Å²) in [5, 5.41) is 2.90. The van der Waals surface area contributed by atoms with Crippen LogP contribution in [-0.2, 0) is 7.05 Å². The van der Waals surface area contributed by atoms with E-state index in [2.05, 4.69) is 5.32 Å². The van der Waals surface area contributed by atoms with Gasteiger partial charge in [0, 0.05) is 35.5 Å². The van der Waals surface area contributed by atoms with Gasteiger partial charge in [-0.25, -0.2) is 4.39 Å². The molecule has 1 atom stereocenters. The molecule has 1 amide bonds. The van der Waals surface area contributed by atoms with Crippen molar-refractivity contribution in [1.82, 2.24) is 9.88 Å². The molecule has 1 aliphatic heterocycles. The van der Waals surface area contributed by atoms with Crippen molar-refractivity contribution in [2.75, 3.05) is 5.75 Å². The molecule has 4 nitrogen and oxygen atoms in total. The summed E-state index contributed by atoms with van der Waals surface area (Å²) < 4.78 is 14.9. The number of hydrogen-bond acceptors (Lipinski definition) is 3. The van der Waals surface area contributed by atoms with Crippen molar-refractivity contribution < 1.29 is 9.18 Å². The second-order valence-electron chi connectivity index (χ2n) is 5.21. The molecule has 3 rings (SSSR count). The number of thioether (sulfide) groups is 1. The Morgan fingerprint density at radius 2 is 2.18 bits per heavy atom. The monoisotopic (exact) mass is 318 g/mol. The van der Waals surface area contributed by atoms with Crippen LogP contribution in [0.3, 0.4) is 0 Å². The Balaban J connectivity index is 1.85. The summed E-state index contributed by atoms with van der Waals surface area (Å²) in [7, 11) is 1.63. The predicted molar refractivity (Wildman–Crippen MR) is 83.6 cm³/mol. The fraction of sp³-hybridized carbons (Fsp3) is 0.250. The summed E-state index contributed by atoms with van der Waals surface area (Å²) in [4.78, 5) is 24.9. The number of aromatic nitrogens is 1. The number of nitrogens with one attached hydrogen (secondary N) is 1. The average Bonchev–Trinajstić information content (AvgIpc) is 2.50. The Kier molecular flexibility index (Phi) is 4.02. The summed E-state index contributed by atoms with van der Waals surface area (Å²) in [6.45, 7) is 0. The molecule has 1 aromatic heterocycles. The van der Waals surface area contributed by atoms with E-state index in [9.17, 15) is 14.0 Å². The van der Waals surface area contributed by atoms with E-state index in [1.807, 2.05) is 0 Å². The minimum Gasteiger partial charge on any atom is -0.345 e. The highest BCUT2D eigenvalue weighted by molar-refractivity contribution is 7.99. The van der Waals surface area contributed by atoms with Gasteiger partial charge in [-0.3, -0.25) is 9.59 Å². The molecule has 1 N–H and O–H groups in total. The van der Waals surface area contributed by atoms with E-state index >= 15 is 0 Å². The highest BCUT2D eigenvalue weighted by Gasteiger charge is 2.23. The molecule has 1 unspecified atom stereocenters. The van der Waals surface area contributed by atoms with Crippen molar-refractivity contribution in [3.05, 3.63) is 63.8 Å². The molecule has 2 heterocycles. The molecular weight excluding hydrogens is 303 g/mol. The number of aryl methyl sites for hydroxylation is 1. The van der Waals surface area contributed by atoms with Crippen molar-refractivity contribution in [1.29, 1.82) is 0 Å². The number of fused-ring (bicyclic) bond motifs is 1. The number of carbonyl (C=O) groups is 1. The second-order valence-corrected chi connectivity index (χ2v) is 6.35. The summed E-state index contributed by atoms with van der Waals surface area (Å²) >= 11 is 1.66. The number of carbonyl (C=O) groups excluding carboxylic acids is 1.